The fourth-order valence-corrected chi connectivity index (χ4v) is 3.02. The van der Waals surface area contributed by atoms with Gasteiger partial charge < -0.3 is 14.2 Å². The molecule has 2 aliphatic rings. The Labute approximate surface area is 154 Å². The number of hydrogen-bond acceptors (Lipinski definition) is 5. The summed E-state index contributed by atoms with van der Waals surface area (Å²) in [5.74, 6) is 1.10. The first-order valence-corrected chi connectivity index (χ1v) is 8.56. The summed E-state index contributed by atoms with van der Waals surface area (Å²) in [6, 6.07) is 11.0. The van der Waals surface area contributed by atoms with E-state index in [0.717, 1.165) is 20.1 Å². The molecule has 0 N–H and O–H groups in total. The van der Waals surface area contributed by atoms with Crippen molar-refractivity contribution in [1.82, 2.24) is 0 Å². The Bertz CT molecular complexity index is 904. The summed E-state index contributed by atoms with van der Waals surface area (Å²) < 4.78 is 17.7. The number of fused-ring (bicyclic) bond motifs is 1. The van der Waals surface area contributed by atoms with E-state index < -0.39 is 5.97 Å². The fraction of sp³-hybridized carbons (Fsp3) is 0.0588. The van der Waals surface area contributed by atoms with Crippen molar-refractivity contribution in [1.29, 1.82) is 0 Å². The summed E-state index contributed by atoms with van der Waals surface area (Å²) in [5.41, 5.74) is 1.72. The lowest BCUT2D eigenvalue weighted by Gasteiger charge is -2.02. The van der Waals surface area contributed by atoms with Crippen LogP contribution in [0.2, 0.25) is 0 Å². The van der Waals surface area contributed by atoms with Gasteiger partial charge in [0.2, 0.25) is 12.7 Å². The predicted molar refractivity (Wildman–Crippen MR) is 95.0 cm³/mol. The number of hydrogen-bond donors (Lipinski definition) is 0. The number of benzene rings is 2. The summed E-state index contributed by atoms with van der Waals surface area (Å²) in [4.78, 5) is 16.4. The third-order valence-corrected chi connectivity index (χ3v) is 4.71. The van der Waals surface area contributed by atoms with E-state index in [0.29, 0.717) is 11.5 Å². The van der Waals surface area contributed by atoms with Gasteiger partial charge in [-0.15, -0.1) is 0 Å². The minimum atomic E-state index is -0.488. The Hall–Kier alpha value is -2.12. The zero-order chi connectivity index (χ0) is 16.7. The minimum absolute atomic E-state index is 0.190. The average Bonchev–Trinajstić information content (AvgIpc) is 3.15. The van der Waals surface area contributed by atoms with E-state index in [-0.39, 0.29) is 18.4 Å². The van der Waals surface area contributed by atoms with E-state index >= 15 is 0 Å². The van der Waals surface area contributed by atoms with Crippen LogP contribution in [0, 0.1) is 0 Å². The molecule has 5 nitrogen and oxygen atoms in total. The van der Waals surface area contributed by atoms with Crippen LogP contribution in [0.15, 0.2) is 56.0 Å². The maximum Gasteiger partial charge on any atom is 0.363 e. The van der Waals surface area contributed by atoms with Crippen molar-refractivity contribution < 1.29 is 19.0 Å². The van der Waals surface area contributed by atoms with Crippen molar-refractivity contribution in [2.24, 2.45) is 4.99 Å². The highest BCUT2D eigenvalue weighted by molar-refractivity contribution is 9.10. The number of esters is 1. The number of carbonyl (C=O) groups excluding carboxylic acids is 1. The third kappa shape index (κ3) is 2.85. The van der Waals surface area contributed by atoms with Crippen molar-refractivity contribution in [3.05, 3.63) is 62.2 Å². The van der Waals surface area contributed by atoms with Crippen LogP contribution in [0.25, 0.3) is 6.08 Å². The van der Waals surface area contributed by atoms with Crippen LogP contribution in [0.3, 0.4) is 0 Å². The van der Waals surface area contributed by atoms with Crippen LogP contribution < -0.4 is 9.47 Å². The zero-order valence-electron chi connectivity index (χ0n) is 12.1. The van der Waals surface area contributed by atoms with E-state index in [1.54, 1.807) is 18.2 Å². The number of aliphatic imine (C=N–C) groups is 1. The molecule has 2 heterocycles. The molecule has 2 aromatic rings. The van der Waals surface area contributed by atoms with Gasteiger partial charge >= 0.3 is 5.97 Å². The van der Waals surface area contributed by atoms with E-state index in [1.807, 2.05) is 24.3 Å². The van der Waals surface area contributed by atoms with Gasteiger partial charge in [0.05, 0.1) is 0 Å². The number of carbonyl (C=O) groups is 1. The first-order chi connectivity index (χ1) is 11.6. The molecule has 2 aromatic carbocycles. The van der Waals surface area contributed by atoms with Gasteiger partial charge in [-0.1, -0.05) is 31.9 Å². The van der Waals surface area contributed by atoms with E-state index in [4.69, 9.17) is 14.2 Å². The van der Waals surface area contributed by atoms with Gasteiger partial charge in [0.25, 0.3) is 0 Å². The Kier molecular flexibility index (Phi) is 3.90. The van der Waals surface area contributed by atoms with Crippen LogP contribution in [0.4, 0.5) is 0 Å². The van der Waals surface area contributed by atoms with E-state index in [2.05, 4.69) is 36.9 Å². The normalized spacial score (nSPS) is 17.2. The van der Waals surface area contributed by atoms with Gasteiger partial charge in [0.1, 0.15) is 0 Å². The molecule has 2 aliphatic heterocycles. The van der Waals surface area contributed by atoms with Gasteiger partial charge in [0, 0.05) is 14.5 Å². The highest BCUT2D eigenvalue weighted by Gasteiger charge is 2.25. The molecule has 120 valence electrons. The SMILES string of the molecule is O=C1OC(c2ccc(Br)cc2)=NC1=Cc1cc2c(cc1Br)OCO2. The second-order valence-corrected chi connectivity index (χ2v) is 6.84. The summed E-state index contributed by atoms with van der Waals surface area (Å²) >= 11 is 6.83. The van der Waals surface area contributed by atoms with Gasteiger partial charge in [-0.05, 0) is 48.0 Å². The molecule has 0 aromatic heterocycles. The molecule has 24 heavy (non-hydrogen) atoms. The molecule has 0 radical (unpaired) electrons. The predicted octanol–water partition coefficient (Wildman–Crippen LogP) is 4.28. The lowest BCUT2D eigenvalue weighted by molar-refractivity contribution is -0.129. The summed E-state index contributed by atoms with van der Waals surface area (Å²) in [6.07, 6.45) is 1.65. The van der Waals surface area contributed by atoms with Gasteiger partial charge in [-0.25, -0.2) is 9.79 Å². The number of nitrogens with zero attached hydrogens (tertiary/aromatic N) is 1. The molecule has 0 fully saturated rings. The summed E-state index contributed by atoms with van der Waals surface area (Å²) in [7, 11) is 0. The van der Waals surface area contributed by atoms with Crippen molar-refractivity contribution >= 4 is 49.8 Å². The average molecular weight is 451 g/mol. The molecule has 0 spiro atoms. The fourth-order valence-electron chi connectivity index (χ4n) is 2.32. The van der Waals surface area contributed by atoms with Crippen LogP contribution >= 0.6 is 31.9 Å². The topological polar surface area (TPSA) is 57.1 Å². The molecule has 7 heteroatoms. The molecule has 0 aliphatic carbocycles. The molecule has 0 atom stereocenters. The number of ether oxygens (including phenoxy) is 3. The Morgan fingerprint density at radius 3 is 2.50 bits per heavy atom. The number of cyclic esters (lactones) is 1. The Morgan fingerprint density at radius 1 is 1.04 bits per heavy atom. The van der Waals surface area contributed by atoms with Crippen LogP contribution in [-0.2, 0) is 9.53 Å². The van der Waals surface area contributed by atoms with Crippen molar-refractivity contribution in [3.8, 4) is 11.5 Å². The smallest absolute Gasteiger partial charge is 0.363 e. The Balaban J connectivity index is 1.70. The Morgan fingerprint density at radius 2 is 1.75 bits per heavy atom. The summed E-state index contributed by atoms with van der Waals surface area (Å²) in [5, 5.41) is 0. The molecule has 4 rings (SSSR count). The lowest BCUT2D eigenvalue weighted by atomic mass is 10.1. The maximum atomic E-state index is 12.1. The molecule has 0 saturated carbocycles. The first kappa shape index (κ1) is 15.4. The summed E-state index contributed by atoms with van der Waals surface area (Å²) in [6.45, 7) is 0.190. The highest BCUT2D eigenvalue weighted by atomic mass is 79.9. The van der Waals surface area contributed by atoms with Gasteiger partial charge in [-0.2, -0.15) is 0 Å². The van der Waals surface area contributed by atoms with Crippen LogP contribution in [-0.4, -0.2) is 18.7 Å². The van der Waals surface area contributed by atoms with Crippen LogP contribution in [0.1, 0.15) is 11.1 Å². The van der Waals surface area contributed by atoms with Crippen LogP contribution in [0.5, 0.6) is 11.5 Å². The van der Waals surface area contributed by atoms with Crippen molar-refractivity contribution in [3.63, 3.8) is 0 Å². The molecular formula is C17H9Br2NO4. The molecule has 0 unspecified atom stereocenters. The third-order valence-electron chi connectivity index (χ3n) is 3.50. The molecular weight excluding hydrogens is 442 g/mol. The first-order valence-electron chi connectivity index (χ1n) is 6.98. The maximum absolute atomic E-state index is 12.1. The van der Waals surface area contributed by atoms with E-state index in [9.17, 15) is 4.79 Å². The van der Waals surface area contributed by atoms with Gasteiger partial charge in [0.15, 0.2) is 17.2 Å². The van der Waals surface area contributed by atoms with E-state index in [1.165, 1.54) is 0 Å². The molecule has 0 bridgehead atoms. The number of halogens is 2. The second-order valence-electron chi connectivity index (χ2n) is 5.07. The molecule has 0 amide bonds. The second kappa shape index (κ2) is 6.07. The quantitative estimate of drug-likeness (QED) is 0.506. The monoisotopic (exact) mass is 449 g/mol. The highest BCUT2D eigenvalue weighted by Crippen LogP contribution is 2.38. The van der Waals surface area contributed by atoms with Crippen molar-refractivity contribution in [2.45, 2.75) is 0 Å². The van der Waals surface area contributed by atoms with Gasteiger partial charge in [-0.3, -0.25) is 0 Å². The largest absolute Gasteiger partial charge is 0.454 e. The van der Waals surface area contributed by atoms with Crippen molar-refractivity contribution in [2.75, 3.05) is 6.79 Å². The lowest BCUT2D eigenvalue weighted by Crippen LogP contribution is -2.05. The zero-order valence-corrected chi connectivity index (χ0v) is 15.3. The number of rotatable bonds is 2. The standard InChI is InChI=1S/C17H9Br2NO4/c18-11-3-1-9(2-4-11)16-20-13(17(21)24-16)5-10-6-14-15(7-12(10)19)23-8-22-14/h1-7H,8H2. The minimum Gasteiger partial charge on any atom is -0.454 e. The molecule has 0 saturated heterocycles.